The molecule has 0 saturated heterocycles. The molecule has 0 spiro atoms. The van der Waals surface area contributed by atoms with Gasteiger partial charge in [-0.1, -0.05) is 6.07 Å². The lowest BCUT2D eigenvalue weighted by Gasteiger charge is -2.20. The third-order valence-electron chi connectivity index (χ3n) is 3.26. The van der Waals surface area contributed by atoms with E-state index in [0.717, 1.165) is 17.1 Å². The van der Waals surface area contributed by atoms with Crippen LogP contribution in [0, 0.1) is 13.8 Å². The first-order chi connectivity index (χ1) is 10.0. The molecule has 2 aromatic rings. The SMILES string of the molecule is CCN(Cc1cccc(C)n1)C(=O)c1c[nH]c(C)cc1=O. The van der Waals surface area contributed by atoms with Gasteiger partial charge < -0.3 is 9.88 Å². The van der Waals surface area contributed by atoms with Crippen molar-refractivity contribution in [3.8, 4) is 0 Å². The monoisotopic (exact) mass is 285 g/mol. The maximum atomic E-state index is 12.5. The van der Waals surface area contributed by atoms with E-state index in [1.54, 1.807) is 11.8 Å². The van der Waals surface area contributed by atoms with E-state index in [-0.39, 0.29) is 16.9 Å². The number of pyridine rings is 2. The molecule has 5 nitrogen and oxygen atoms in total. The molecule has 2 rings (SSSR count). The lowest BCUT2D eigenvalue weighted by molar-refractivity contribution is 0.0749. The Hall–Kier alpha value is -2.43. The van der Waals surface area contributed by atoms with Gasteiger partial charge in [0.15, 0.2) is 5.43 Å². The summed E-state index contributed by atoms with van der Waals surface area (Å²) < 4.78 is 0. The number of amides is 1. The van der Waals surface area contributed by atoms with Crippen LogP contribution in [0.4, 0.5) is 0 Å². The lowest BCUT2D eigenvalue weighted by Crippen LogP contribution is -2.34. The van der Waals surface area contributed by atoms with Gasteiger partial charge in [-0.2, -0.15) is 0 Å². The summed E-state index contributed by atoms with van der Waals surface area (Å²) >= 11 is 0. The Morgan fingerprint density at radius 3 is 2.71 bits per heavy atom. The summed E-state index contributed by atoms with van der Waals surface area (Å²) in [5.41, 5.74) is 2.36. The molecule has 0 atom stereocenters. The van der Waals surface area contributed by atoms with Crippen LogP contribution in [-0.4, -0.2) is 27.3 Å². The number of aryl methyl sites for hydroxylation is 2. The van der Waals surface area contributed by atoms with Crippen molar-refractivity contribution in [1.82, 2.24) is 14.9 Å². The van der Waals surface area contributed by atoms with E-state index in [1.807, 2.05) is 32.0 Å². The minimum absolute atomic E-state index is 0.162. The van der Waals surface area contributed by atoms with Crippen LogP contribution in [0.15, 0.2) is 35.3 Å². The number of carbonyl (C=O) groups excluding carboxylic acids is 1. The summed E-state index contributed by atoms with van der Waals surface area (Å²) in [5, 5.41) is 0. The molecule has 0 fully saturated rings. The highest BCUT2D eigenvalue weighted by Gasteiger charge is 2.18. The highest BCUT2D eigenvalue weighted by Crippen LogP contribution is 2.07. The zero-order chi connectivity index (χ0) is 15.4. The van der Waals surface area contributed by atoms with Gasteiger partial charge in [0, 0.05) is 30.2 Å². The minimum atomic E-state index is -0.276. The van der Waals surface area contributed by atoms with E-state index in [0.29, 0.717) is 13.1 Å². The Morgan fingerprint density at radius 1 is 1.33 bits per heavy atom. The molecule has 0 saturated carbocycles. The summed E-state index contributed by atoms with van der Waals surface area (Å²) in [6.07, 6.45) is 1.48. The second-order valence-electron chi connectivity index (χ2n) is 4.98. The van der Waals surface area contributed by atoms with Gasteiger partial charge in [0.05, 0.1) is 12.2 Å². The first kappa shape index (κ1) is 15.0. The number of H-pyrrole nitrogens is 1. The standard InChI is InChI=1S/C16H19N3O2/c1-4-19(10-13-7-5-6-11(2)18-13)16(21)14-9-17-12(3)8-15(14)20/h5-9H,4,10H2,1-3H3,(H,17,20). The Labute approximate surface area is 123 Å². The van der Waals surface area contributed by atoms with Gasteiger partial charge in [-0.25, -0.2) is 0 Å². The molecule has 1 amide bonds. The van der Waals surface area contributed by atoms with Gasteiger partial charge >= 0.3 is 0 Å². The van der Waals surface area contributed by atoms with Crippen molar-refractivity contribution in [2.75, 3.05) is 6.54 Å². The summed E-state index contributed by atoms with van der Waals surface area (Å²) in [6.45, 7) is 6.48. The molecule has 0 bridgehead atoms. The molecule has 0 aliphatic rings. The zero-order valence-electron chi connectivity index (χ0n) is 12.5. The largest absolute Gasteiger partial charge is 0.364 e. The second-order valence-corrected chi connectivity index (χ2v) is 4.98. The predicted octanol–water partition coefficient (Wildman–Crippen LogP) is 2.05. The second kappa shape index (κ2) is 6.35. The van der Waals surface area contributed by atoms with E-state index in [1.165, 1.54) is 12.3 Å². The van der Waals surface area contributed by atoms with Crippen LogP contribution in [0.1, 0.15) is 34.4 Å². The summed E-state index contributed by atoms with van der Waals surface area (Å²) in [7, 11) is 0. The van der Waals surface area contributed by atoms with E-state index < -0.39 is 0 Å². The predicted molar refractivity (Wildman–Crippen MR) is 81.2 cm³/mol. The maximum Gasteiger partial charge on any atom is 0.259 e. The van der Waals surface area contributed by atoms with Crippen molar-refractivity contribution >= 4 is 5.91 Å². The molecule has 1 N–H and O–H groups in total. The van der Waals surface area contributed by atoms with Crippen LogP contribution < -0.4 is 5.43 Å². The van der Waals surface area contributed by atoms with Crippen LogP contribution in [0.2, 0.25) is 0 Å². The molecule has 0 aliphatic carbocycles. The van der Waals surface area contributed by atoms with E-state index >= 15 is 0 Å². The van der Waals surface area contributed by atoms with Crippen LogP contribution in [0.25, 0.3) is 0 Å². The van der Waals surface area contributed by atoms with Gasteiger partial charge in [-0.3, -0.25) is 14.6 Å². The molecule has 0 radical (unpaired) electrons. The van der Waals surface area contributed by atoms with Crippen molar-refractivity contribution < 1.29 is 4.79 Å². The number of nitrogens with zero attached hydrogens (tertiary/aromatic N) is 2. The Kier molecular flexibility index (Phi) is 4.52. The number of hydrogen-bond acceptors (Lipinski definition) is 3. The average molecular weight is 285 g/mol. The molecule has 21 heavy (non-hydrogen) atoms. The van der Waals surface area contributed by atoms with Crippen LogP contribution in [-0.2, 0) is 6.54 Å². The van der Waals surface area contributed by atoms with Gasteiger partial charge in [0.25, 0.3) is 5.91 Å². The van der Waals surface area contributed by atoms with E-state index in [2.05, 4.69) is 9.97 Å². The molecule has 110 valence electrons. The molecule has 2 heterocycles. The molecular formula is C16H19N3O2. The van der Waals surface area contributed by atoms with Crippen LogP contribution in [0.5, 0.6) is 0 Å². The molecular weight excluding hydrogens is 266 g/mol. The molecule has 0 unspecified atom stereocenters. The van der Waals surface area contributed by atoms with Crippen molar-refractivity contribution in [2.45, 2.75) is 27.3 Å². The third kappa shape index (κ3) is 3.56. The molecule has 5 heteroatoms. The fraction of sp³-hybridized carbons (Fsp3) is 0.312. The summed E-state index contributed by atoms with van der Waals surface area (Å²) in [5.74, 6) is -0.276. The fourth-order valence-electron chi connectivity index (χ4n) is 2.12. The van der Waals surface area contributed by atoms with Crippen LogP contribution >= 0.6 is 0 Å². The van der Waals surface area contributed by atoms with Crippen molar-refractivity contribution in [3.63, 3.8) is 0 Å². The highest BCUT2D eigenvalue weighted by atomic mass is 16.2. The third-order valence-corrected chi connectivity index (χ3v) is 3.26. The number of nitrogens with one attached hydrogen (secondary N) is 1. The highest BCUT2D eigenvalue weighted by molar-refractivity contribution is 5.93. The van der Waals surface area contributed by atoms with Crippen LogP contribution in [0.3, 0.4) is 0 Å². The number of rotatable bonds is 4. The van der Waals surface area contributed by atoms with Gasteiger partial charge in [-0.05, 0) is 32.9 Å². The van der Waals surface area contributed by atoms with Gasteiger partial charge in [0.1, 0.15) is 5.56 Å². The fourth-order valence-corrected chi connectivity index (χ4v) is 2.12. The normalized spacial score (nSPS) is 10.4. The topological polar surface area (TPSA) is 66.1 Å². The van der Waals surface area contributed by atoms with Crippen molar-refractivity contribution in [1.29, 1.82) is 0 Å². The first-order valence-corrected chi connectivity index (χ1v) is 6.92. The average Bonchev–Trinajstić information content (AvgIpc) is 2.44. The van der Waals surface area contributed by atoms with E-state index in [4.69, 9.17) is 0 Å². The lowest BCUT2D eigenvalue weighted by atomic mass is 10.2. The van der Waals surface area contributed by atoms with Gasteiger partial charge in [0.2, 0.25) is 0 Å². The molecule has 0 aliphatic heterocycles. The Balaban J connectivity index is 2.24. The zero-order valence-corrected chi connectivity index (χ0v) is 12.5. The minimum Gasteiger partial charge on any atom is -0.364 e. The van der Waals surface area contributed by atoms with Gasteiger partial charge in [-0.15, -0.1) is 0 Å². The Morgan fingerprint density at radius 2 is 2.10 bits per heavy atom. The quantitative estimate of drug-likeness (QED) is 0.935. The molecule has 2 aromatic heterocycles. The van der Waals surface area contributed by atoms with Crippen molar-refractivity contribution in [2.24, 2.45) is 0 Å². The number of aromatic nitrogens is 2. The summed E-state index contributed by atoms with van der Waals surface area (Å²) in [6, 6.07) is 7.13. The number of carbonyl (C=O) groups is 1. The summed E-state index contributed by atoms with van der Waals surface area (Å²) in [4.78, 5) is 33.3. The molecule has 0 aromatic carbocycles. The smallest absolute Gasteiger partial charge is 0.259 e. The number of hydrogen-bond donors (Lipinski definition) is 1. The first-order valence-electron chi connectivity index (χ1n) is 6.92. The van der Waals surface area contributed by atoms with E-state index in [9.17, 15) is 9.59 Å². The maximum absolute atomic E-state index is 12.5. The van der Waals surface area contributed by atoms with Crippen molar-refractivity contribution in [3.05, 3.63) is 63.3 Å². The Bertz CT molecular complexity index is 707. The number of aromatic amines is 1.